The maximum atomic E-state index is 10.3. The zero-order chi connectivity index (χ0) is 7.02. The summed E-state index contributed by atoms with van der Waals surface area (Å²) < 4.78 is 8.37. The van der Waals surface area contributed by atoms with Gasteiger partial charge in [-0.2, -0.15) is 0 Å². The lowest BCUT2D eigenvalue weighted by atomic mass is 10.6. The first kappa shape index (κ1) is 6.73. The summed E-state index contributed by atoms with van der Waals surface area (Å²) in [5.74, 6) is 0. The van der Waals surface area contributed by atoms with Gasteiger partial charge in [-0.05, 0) is 10.7 Å². The lowest BCUT2D eigenvalue weighted by Gasteiger charge is -1.87. The molecule has 0 bridgehead atoms. The second kappa shape index (κ2) is 2.09. The first-order valence-electron chi connectivity index (χ1n) is 1.95. The summed E-state index contributed by atoms with van der Waals surface area (Å²) in [7, 11) is 3.43. The van der Waals surface area contributed by atoms with Crippen LogP contribution in [0, 0.1) is 4.64 Å². The smallest absolute Gasteiger partial charge is 0.299 e. The molecule has 0 saturated carbocycles. The molecule has 0 aliphatic rings. The van der Waals surface area contributed by atoms with Crippen LogP contribution in [-0.4, -0.2) is 9.54 Å². The minimum atomic E-state index is -1.62. The Morgan fingerprint density at radius 2 is 2.11 bits per heavy atom. The summed E-state index contributed by atoms with van der Waals surface area (Å²) in [6, 6.07) is 0. The second-order valence-electron chi connectivity index (χ2n) is 1.35. The molecule has 0 spiro atoms. The molecule has 1 unspecified atom stereocenters. The Hall–Kier alpha value is -0.390. The van der Waals surface area contributed by atoms with Crippen LogP contribution in [0.5, 0.6) is 0 Å². The Labute approximate surface area is 56.1 Å². The topological polar surface area (TPSA) is 70.2 Å². The molecule has 50 valence electrons. The molecule has 2 N–H and O–H groups in total. The van der Waals surface area contributed by atoms with Crippen LogP contribution in [-0.2, 0) is 0 Å². The predicted molar refractivity (Wildman–Crippen MR) is 35.0 cm³/mol. The zero-order valence-corrected chi connectivity index (χ0v) is 5.62. The largest absolute Gasteiger partial charge is 0.322 e. The van der Waals surface area contributed by atoms with E-state index in [1.165, 1.54) is 0 Å². The monoisotopic (exact) mass is 167 g/mol. The Balaban J connectivity index is 3.57. The number of halogens is 1. The average molecular weight is 168 g/mol. The van der Waals surface area contributed by atoms with Gasteiger partial charge in [-0.1, -0.05) is 0 Å². The van der Waals surface area contributed by atoms with E-state index in [9.17, 15) is 9.59 Å². The van der Waals surface area contributed by atoms with Crippen LogP contribution in [0.1, 0.15) is 0 Å². The van der Waals surface area contributed by atoms with Crippen molar-refractivity contribution in [2.45, 2.75) is 0 Å². The molecule has 4 nitrogen and oxygen atoms in total. The van der Waals surface area contributed by atoms with E-state index in [1.807, 2.05) is 0 Å². The van der Waals surface area contributed by atoms with Gasteiger partial charge in [-0.3, -0.25) is 9.59 Å². The number of hydrogen-bond acceptors (Lipinski definition) is 3. The minimum Gasteiger partial charge on any atom is -0.322 e. The van der Waals surface area contributed by atoms with Crippen molar-refractivity contribution in [2.24, 2.45) is 0 Å². The summed E-state index contributed by atoms with van der Waals surface area (Å²) in [5, 5.41) is 0. The molecular weight excluding hydrogens is 166 g/mol. The molecule has 0 fully saturated rings. The van der Waals surface area contributed by atoms with E-state index in [0.29, 0.717) is 0 Å². The van der Waals surface area contributed by atoms with Crippen molar-refractivity contribution in [3.05, 3.63) is 25.2 Å². The van der Waals surface area contributed by atoms with Gasteiger partial charge in [0, 0.05) is 0 Å². The third kappa shape index (κ3) is 0.983. The summed E-state index contributed by atoms with van der Waals surface area (Å²) in [6.07, 6.45) is 0. The van der Waals surface area contributed by atoms with Gasteiger partial charge in [-0.15, -0.1) is 0 Å². The molecule has 1 aromatic heterocycles. The number of aromatic nitrogens is 1. The Bertz CT molecular complexity index is 353. The first-order valence-corrected chi connectivity index (χ1v) is 3.96. The van der Waals surface area contributed by atoms with Gasteiger partial charge in [0.25, 0.3) is 11.0 Å². The van der Waals surface area contributed by atoms with E-state index >= 15 is 0 Å². The van der Waals surface area contributed by atoms with Crippen LogP contribution in [0.15, 0.2) is 9.59 Å². The number of rotatable bonds is 0. The zero-order valence-electron chi connectivity index (χ0n) is 4.05. The minimum absolute atomic E-state index is 0.110. The van der Waals surface area contributed by atoms with Crippen molar-refractivity contribution in [3.8, 4) is 0 Å². The van der Waals surface area contributed by atoms with Crippen LogP contribution < -0.4 is 11.0 Å². The maximum absolute atomic E-state index is 10.3. The third-order valence-electron chi connectivity index (χ3n) is 0.808. The fraction of sp³-hybridized carbons (Fsp3) is 0. The first-order chi connectivity index (χ1) is 4.13. The summed E-state index contributed by atoms with van der Waals surface area (Å²) in [6.45, 7) is 0. The number of nitrogens with one attached hydrogen (secondary N) is 1. The molecule has 1 rings (SSSR count). The van der Waals surface area contributed by atoms with Crippen LogP contribution in [0.3, 0.4) is 0 Å². The molecule has 0 saturated heterocycles. The van der Waals surface area contributed by atoms with Crippen molar-refractivity contribution >= 4 is 20.7 Å². The van der Waals surface area contributed by atoms with Gasteiger partial charge in [-0.25, -0.2) is 0 Å². The Kier molecular flexibility index (Phi) is 1.56. The summed E-state index contributed by atoms with van der Waals surface area (Å²) >= 11 is 0. The lowest BCUT2D eigenvalue weighted by Crippen LogP contribution is -2.35. The van der Waals surface area contributed by atoms with Gasteiger partial charge < -0.3 is 9.54 Å². The van der Waals surface area contributed by atoms with E-state index in [-0.39, 0.29) is 4.64 Å². The highest BCUT2D eigenvalue weighted by atomic mass is 35.7. The summed E-state index contributed by atoms with van der Waals surface area (Å²) in [4.78, 5) is 22.5. The van der Waals surface area contributed by atoms with Gasteiger partial charge in [0.05, 0.1) is 9.98 Å². The van der Waals surface area contributed by atoms with Crippen LogP contribution in [0.2, 0.25) is 0 Å². The molecule has 1 aromatic rings. The van der Waals surface area contributed by atoms with Crippen LogP contribution >= 0.6 is 20.7 Å². The van der Waals surface area contributed by atoms with Crippen LogP contribution in [0.4, 0.5) is 0 Å². The highest BCUT2D eigenvalue weighted by molar-refractivity contribution is 8.25. The quantitative estimate of drug-likeness (QED) is 0.423. The van der Waals surface area contributed by atoms with Crippen molar-refractivity contribution in [2.75, 3.05) is 0 Å². The molecule has 0 aromatic carbocycles. The molecular formula is C3H2ClNO3S. The predicted octanol–water partition coefficient (Wildman–Crippen LogP) is 0.0384. The Morgan fingerprint density at radius 3 is 2.22 bits per heavy atom. The Morgan fingerprint density at radius 1 is 1.56 bits per heavy atom. The van der Waals surface area contributed by atoms with Crippen molar-refractivity contribution in [1.82, 2.24) is 4.98 Å². The number of hydrogen-bond donors (Lipinski definition) is 2. The standard InChI is InChI=1S/C3H2ClNO3S/c4-9(8)3-1(6)2(7)5-3/h8H,(H,5,7). The molecule has 0 radical (unpaired) electrons. The van der Waals surface area contributed by atoms with Gasteiger partial charge >= 0.3 is 0 Å². The van der Waals surface area contributed by atoms with Crippen molar-refractivity contribution in [3.63, 3.8) is 0 Å². The van der Waals surface area contributed by atoms with Gasteiger partial charge in [0.1, 0.15) is 0 Å². The van der Waals surface area contributed by atoms with Crippen molar-refractivity contribution < 1.29 is 4.55 Å². The molecule has 9 heavy (non-hydrogen) atoms. The highest BCUT2D eigenvalue weighted by Crippen LogP contribution is 2.12. The average Bonchev–Trinajstić information content (AvgIpc) is 1.81. The highest BCUT2D eigenvalue weighted by Gasteiger charge is 2.03. The molecule has 6 heteroatoms. The molecule has 1 atom stereocenters. The van der Waals surface area contributed by atoms with Gasteiger partial charge in [0.15, 0.2) is 4.64 Å². The molecule has 0 amide bonds. The SMILES string of the molecule is O=c1[nH]c(=S(O)Cl)c1=O. The molecule has 0 aliphatic heterocycles. The fourth-order valence-corrected chi connectivity index (χ4v) is 1.12. The van der Waals surface area contributed by atoms with Crippen LogP contribution in [0.25, 0.3) is 0 Å². The van der Waals surface area contributed by atoms with Crippen molar-refractivity contribution in [1.29, 1.82) is 0 Å². The van der Waals surface area contributed by atoms with E-state index in [2.05, 4.69) is 4.98 Å². The maximum Gasteiger partial charge on any atom is 0.299 e. The van der Waals surface area contributed by atoms with E-state index in [1.54, 1.807) is 0 Å². The number of H-pyrrole nitrogens is 1. The number of aromatic amines is 1. The second-order valence-corrected chi connectivity index (χ2v) is 3.11. The normalized spacial score (nSPS) is 16.0. The van der Waals surface area contributed by atoms with E-state index in [4.69, 9.17) is 15.2 Å². The molecule has 0 aliphatic carbocycles. The van der Waals surface area contributed by atoms with Gasteiger partial charge in [0.2, 0.25) is 0 Å². The third-order valence-corrected chi connectivity index (χ3v) is 1.90. The summed E-state index contributed by atoms with van der Waals surface area (Å²) in [5.41, 5.74) is -1.44. The fourth-order valence-electron chi connectivity index (χ4n) is 0.376. The van der Waals surface area contributed by atoms with E-state index < -0.39 is 21.0 Å². The van der Waals surface area contributed by atoms with E-state index in [0.717, 1.165) is 0 Å². The lowest BCUT2D eigenvalue weighted by molar-refractivity contribution is 0.668. The molecule has 1 heterocycles.